The number of hydrogen-bond donors (Lipinski definition) is 0. The molecule has 1 aromatic rings. The van der Waals surface area contributed by atoms with Gasteiger partial charge in [0.15, 0.2) is 0 Å². The molecule has 0 spiro atoms. The number of rotatable bonds is 1. The summed E-state index contributed by atoms with van der Waals surface area (Å²) in [5.74, 6) is 0.898. The molecule has 2 nitrogen and oxygen atoms in total. The zero-order chi connectivity index (χ0) is 9.42. The van der Waals surface area contributed by atoms with Gasteiger partial charge in [-0.1, -0.05) is 18.3 Å². The van der Waals surface area contributed by atoms with Gasteiger partial charge in [-0.3, -0.25) is 0 Å². The summed E-state index contributed by atoms with van der Waals surface area (Å²) in [7, 11) is 3.70. The van der Waals surface area contributed by atoms with Crippen molar-refractivity contribution in [2.45, 2.75) is 4.90 Å². The molecule has 2 rings (SSSR count). The van der Waals surface area contributed by atoms with Gasteiger partial charge in [-0.2, -0.15) is 0 Å². The lowest BCUT2D eigenvalue weighted by molar-refractivity contribution is 0.414. The van der Waals surface area contributed by atoms with Gasteiger partial charge in [-0.15, -0.1) is 0 Å². The maximum atomic E-state index is 5.15. The Labute approximate surface area is 82.2 Å². The van der Waals surface area contributed by atoms with Crippen LogP contribution in [-0.4, -0.2) is 14.2 Å². The highest BCUT2D eigenvalue weighted by Crippen LogP contribution is 2.45. The summed E-state index contributed by atoms with van der Waals surface area (Å²) in [4.78, 5) is 3.30. The van der Waals surface area contributed by atoms with Gasteiger partial charge in [0.1, 0.15) is 5.75 Å². The largest absolute Gasteiger partial charge is 0.497 e. The Bertz CT molecular complexity index is 362. The van der Waals surface area contributed by atoms with Crippen molar-refractivity contribution in [1.29, 1.82) is 0 Å². The van der Waals surface area contributed by atoms with Crippen LogP contribution in [0.5, 0.6) is 5.75 Å². The number of ether oxygens (including phenoxy) is 1. The predicted octanol–water partition coefficient (Wildman–Crippen LogP) is 2.71. The lowest BCUT2D eigenvalue weighted by atomic mass is 10.3. The van der Waals surface area contributed by atoms with Crippen molar-refractivity contribution >= 4 is 17.4 Å². The van der Waals surface area contributed by atoms with E-state index in [0.29, 0.717) is 0 Å². The van der Waals surface area contributed by atoms with E-state index in [0.717, 1.165) is 10.8 Å². The van der Waals surface area contributed by atoms with E-state index in [-0.39, 0.29) is 0 Å². The Balaban J connectivity index is 2.46. The van der Waals surface area contributed by atoms with E-state index < -0.39 is 0 Å². The first kappa shape index (κ1) is 8.51. The van der Waals surface area contributed by atoms with Crippen LogP contribution in [0, 0.1) is 0 Å². The smallest absolute Gasteiger partial charge is 0.120 e. The molecule has 1 aromatic carbocycles. The van der Waals surface area contributed by atoms with Crippen LogP contribution in [0.25, 0.3) is 0 Å². The molecule has 0 radical (unpaired) electrons. The highest BCUT2D eigenvalue weighted by Gasteiger charge is 2.20. The van der Waals surface area contributed by atoms with Gasteiger partial charge in [-0.05, 0) is 18.2 Å². The number of nitrogens with zero attached hydrogens (tertiary/aromatic N) is 1. The predicted molar refractivity (Wildman–Crippen MR) is 56.4 cm³/mol. The van der Waals surface area contributed by atoms with Gasteiger partial charge in [0, 0.05) is 11.9 Å². The number of fused-ring (bicyclic) bond motifs is 1. The van der Waals surface area contributed by atoms with E-state index in [1.165, 1.54) is 10.6 Å². The van der Waals surface area contributed by atoms with Crippen molar-refractivity contribution in [3.05, 3.63) is 29.8 Å². The van der Waals surface area contributed by atoms with Crippen molar-refractivity contribution in [1.82, 2.24) is 0 Å². The van der Waals surface area contributed by atoms with Crippen molar-refractivity contribution < 1.29 is 4.74 Å². The van der Waals surface area contributed by atoms with Crippen molar-refractivity contribution in [2.24, 2.45) is 0 Å². The molecule has 0 saturated carbocycles. The molecule has 0 fully saturated rings. The third-order valence-corrected chi connectivity index (χ3v) is 3.19. The zero-order valence-electron chi connectivity index (χ0n) is 7.70. The van der Waals surface area contributed by atoms with Gasteiger partial charge >= 0.3 is 0 Å². The maximum absolute atomic E-state index is 5.15. The second-order valence-corrected chi connectivity index (χ2v) is 4.00. The van der Waals surface area contributed by atoms with Crippen LogP contribution in [0.1, 0.15) is 0 Å². The molecule has 1 heterocycles. The fourth-order valence-corrected chi connectivity index (χ4v) is 2.28. The Hall–Kier alpha value is -1.09. The average Bonchev–Trinajstić information content (AvgIpc) is 2.42. The van der Waals surface area contributed by atoms with E-state index in [1.54, 1.807) is 18.9 Å². The lowest BCUT2D eigenvalue weighted by Gasteiger charge is -2.11. The highest BCUT2D eigenvalue weighted by molar-refractivity contribution is 8.03. The number of benzene rings is 1. The summed E-state index contributed by atoms with van der Waals surface area (Å²) in [6.07, 6.45) is 0. The molecule has 0 N–H and O–H groups in total. The zero-order valence-corrected chi connectivity index (χ0v) is 8.52. The molecular weight excluding hydrogens is 182 g/mol. The molecule has 3 heteroatoms. The van der Waals surface area contributed by atoms with E-state index in [4.69, 9.17) is 4.74 Å². The molecule has 0 atom stereocenters. The molecule has 0 amide bonds. The van der Waals surface area contributed by atoms with Crippen LogP contribution in [0.2, 0.25) is 0 Å². The normalized spacial score (nSPS) is 14.6. The molecule has 13 heavy (non-hydrogen) atoms. The van der Waals surface area contributed by atoms with Crippen LogP contribution < -0.4 is 9.64 Å². The van der Waals surface area contributed by atoms with E-state index in [9.17, 15) is 0 Å². The van der Waals surface area contributed by atoms with E-state index >= 15 is 0 Å². The standard InChI is InChI=1S/C10H11NOS/c1-7-11(2)9-5-4-8(12-3)6-10(9)13-7/h4-6H,1H2,2-3H3. The van der Waals surface area contributed by atoms with Gasteiger partial charge < -0.3 is 9.64 Å². The molecule has 1 aliphatic rings. The second kappa shape index (κ2) is 3.00. The minimum Gasteiger partial charge on any atom is -0.497 e. The van der Waals surface area contributed by atoms with Gasteiger partial charge in [0.2, 0.25) is 0 Å². The fraction of sp³-hybridized carbons (Fsp3) is 0.200. The average molecular weight is 193 g/mol. The lowest BCUT2D eigenvalue weighted by Crippen LogP contribution is -2.07. The first-order valence-corrected chi connectivity index (χ1v) is 4.82. The first-order chi connectivity index (χ1) is 6.22. The third kappa shape index (κ3) is 1.29. The highest BCUT2D eigenvalue weighted by atomic mass is 32.2. The van der Waals surface area contributed by atoms with Crippen LogP contribution >= 0.6 is 11.8 Å². The van der Waals surface area contributed by atoms with Gasteiger partial charge in [0.05, 0.1) is 17.8 Å². The SMILES string of the molecule is C=C1Sc2cc(OC)ccc2N1C. The van der Waals surface area contributed by atoms with E-state index in [1.807, 2.05) is 19.2 Å². The summed E-state index contributed by atoms with van der Waals surface area (Å²) in [6.45, 7) is 3.95. The van der Waals surface area contributed by atoms with Crippen LogP contribution in [0.15, 0.2) is 34.7 Å². The number of thioether (sulfide) groups is 1. The first-order valence-electron chi connectivity index (χ1n) is 4.01. The Kier molecular flexibility index (Phi) is 1.96. The van der Waals surface area contributed by atoms with Crippen molar-refractivity contribution in [2.75, 3.05) is 19.1 Å². The van der Waals surface area contributed by atoms with Gasteiger partial charge in [-0.25, -0.2) is 0 Å². The third-order valence-electron chi connectivity index (χ3n) is 2.13. The van der Waals surface area contributed by atoms with Crippen molar-refractivity contribution in [3.63, 3.8) is 0 Å². The minimum absolute atomic E-state index is 0.898. The topological polar surface area (TPSA) is 12.5 Å². The van der Waals surface area contributed by atoms with Crippen LogP contribution in [-0.2, 0) is 0 Å². The molecule has 0 saturated heterocycles. The summed E-state index contributed by atoms with van der Waals surface area (Å²) < 4.78 is 5.15. The van der Waals surface area contributed by atoms with Crippen LogP contribution in [0.3, 0.4) is 0 Å². The summed E-state index contributed by atoms with van der Waals surface area (Å²) in [5, 5.41) is 1.06. The molecule has 0 aromatic heterocycles. The number of methoxy groups -OCH3 is 1. The molecule has 68 valence electrons. The summed E-state index contributed by atoms with van der Waals surface area (Å²) in [6, 6.07) is 6.06. The molecule has 0 aliphatic carbocycles. The quantitative estimate of drug-likeness (QED) is 0.680. The number of anilines is 1. The summed E-state index contributed by atoms with van der Waals surface area (Å²) in [5.41, 5.74) is 1.20. The minimum atomic E-state index is 0.898. The maximum Gasteiger partial charge on any atom is 0.120 e. The monoisotopic (exact) mass is 193 g/mol. The fourth-order valence-electron chi connectivity index (χ4n) is 1.31. The molecule has 1 aliphatic heterocycles. The number of hydrogen-bond acceptors (Lipinski definition) is 3. The molecular formula is C10H11NOS. The molecule has 0 bridgehead atoms. The van der Waals surface area contributed by atoms with E-state index in [2.05, 4.69) is 17.5 Å². The van der Waals surface area contributed by atoms with Gasteiger partial charge in [0.25, 0.3) is 0 Å². The van der Waals surface area contributed by atoms with Crippen LogP contribution in [0.4, 0.5) is 5.69 Å². The Morgan fingerprint density at radius 3 is 2.92 bits per heavy atom. The van der Waals surface area contributed by atoms with Crippen molar-refractivity contribution in [3.8, 4) is 5.75 Å². The Morgan fingerprint density at radius 2 is 2.23 bits per heavy atom. The molecule has 0 unspecified atom stereocenters. The Morgan fingerprint density at radius 1 is 1.46 bits per heavy atom. The second-order valence-electron chi connectivity index (χ2n) is 2.89. The summed E-state index contributed by atoms with van der Waals surface area (Å²) >= 11 is 1.68.